The molecule has 37 heavy (non-hydrogen) atoms. The average molecular weight is 528 g/mol. The summed E-state index contributed by atoms with van der Waals surface area (Å²) in [6.07, 6.45) is 5.34. The smallest absolute Gasteiger partial charge is 0.340 e. The highest BCUT2D eigenvalue weighted by atomic mass is 32.2. The minimum atomic E-state index is -3.07. The molecule has 0 fully saturated rings. The highest BCUT2D eigenvalue weighted by molar-refractivity contribution is 7.90. The van der Waals surface area contributed by atoms with Gasteiger partial charge in [0.25, 0.3) is 0 Å². The Balaban J connectivity index is 1.68. The van der Waals surface area contributed by atoms with E-state index in [0.29, 0.717) is 47.0 Å². The molecule has 4 heterocycles. The zero-order chi connectivity index (χ0) is 27.0. The molecule has 0 unspecified atom stereocenters. The van der Waals surface area contributed by atoms with E-state index in [4.69, 9.17) is 15.2 Å². The molecule has 11 heteroatoms. The lowest BCUT2D eigenvalue weighted by atomic mass is 9.88. The number of nitrogens with two attached hydrogens (primary N) is 1. The van der Waals surface area contributed by atoms with E-state index < -0.39 is 15.4 Å². The first-order chi connectivity index (χ1) is 17.4. The number of pyridine rings is 3. The number of carbonyl (C=O) groups is 1. The minimum Gasteiger partial charge on any atom is -0.477 e. The second-order valence-electron chi connectivity index (χ2n) is 9.85. The maximum Gasteiger partial charge on any atom is 0.340 e. The van der Waals surface area contributed by atoms with E-state index in [-0.39, 0.29) is 30.4 Å². The van der Waals surface area contributed by atoms with Crippen LogP contribution in [0.2, 0.25) is 0 Å². The Morgan fingerprint density at radius 2 is 1.92 bits per heavy atom. The third-order valence-corrected chi connectivity index (χ3v) is 7.84. The zero-order valence-electron chi connectivity index (χ0n) is 21.7. The SMILES string of the molecule is CC[C@@](C)(N)c1cnc(OCCCS(C)(=O)=O)c2cnc(Nc3ccc4c(n3)[C@@H](C)[C@@H](C)OC4=O)cc12. The molecule has 4 rings (SSSR count). The number of fused-ring (bicyclic) bond motifs is 2. The highest BCUT2D eigenvalue weighted by Gasteiger charge is 2.31. The van der Waals surface area contributed by atoms with E-state index in [2.05, 4.69) is 20.3 Å². The third kappa shape index (κ3) is 5.83. The van der Waals surface area contributed by atoms with Crippen molar-refractivity contribution in [2.75, 3.05) is 23.9 Å². The number of hydrogen-bond donors (Lipinski definition) is 2. The van der Waals surface area contributed by atoms with Crippen LogP contribution in [0, 0.1) is 0 Å². The van der Waals surface area contributed by atoms with Gasteiger partial charge in [0.05, 0.1) is 29.0 Å². The Hall–Kier alpha value is -3.31. The first kappa shape index (κ1) is 26.7. The number of sulfone groups is 1. The van der Waals surface area contributed by atoms with Crippen LogP contribution in [-0.4, -0.2) is 54.1 Å². The standard InChI is InChI=1S/C26H33N5O5S/c1-6-26(4,27)20-14-29-24(35-10-7-11-37(5,33)34)19-13-28-22(12-18(19)20)30-21-9-8-17-23(31-21)15(2)16(3)36-25(17)32/h8-9,12-16H,6-7,10-11,27H2,1-5H3,(H,28,30,31)/t15-,16+,26+/m0/s1. The summed E-state index contributed by atoms with van der Waals surface area (Å²) in [7, 11) is -3.07. The monoisotopic (exact) mass is 527 g/mol. The van der Waals surface area contributed by atoms with Crippen LogP contribution in [0.4, 0.5) is 11.6 Å². The molecule has 0 saturated heterocycles. The van der Waals surface area contributed by atoms with Crippen molar-refractivity contribution in [2.45, 2.75) is 58.1 Å². The Morgan fingerprint density at radius 1 is 1.16 bits per heavy atom. The molecule has 3 aromatic heterocycles. The number of nitrogens with zero attached hydrogens (tertiary/aromatic N) is 3. The molecule has 3 aromatic rings. The Morgan fingerprint density at radius 3 is 2.62 bits per heavy atom. The van der Waals surface area contributed by atoms with E-state index in [0.717, 1.165) is 10.9 Å². The molecular formula is C26H33N5O5S. The van der Waals surface area contributed by atoms with E-state index >= 15 is 0 Å². The Bertz CT molecular complexity index is 1440. The summed E-state index contributed by atoms with van der Waals surface area (Å²) in [5, 5.41) is 4.74. The van der Waals surface area contributed by atoms with Crippen LogP contribution in [0.3, 0.4) is 0 Å². The molecule has 10 nitrogen and oxygen atoms in total. The largest absolute Gasteiger partial charge is 0.477 e. The van der Waals surface area contributed by atoms with Gasteiger partial charge in [-0.1, -0.05) is 13.8 Å². The molecule has 0 aromatic carbocycles. The van der Waals surface area contributed by atoms with Gasteiger partial charge in [0.2, 0.25) is 5.88 Å². The Kier molecular flexibility index (Phi) is 7.38. The molecule has 0 radical (unpaired) electrons. The van der Waals surface area contributed by atoms with Crippen LogP contribution in [0.5, 0.6) is 5.88 Å². The van der Waals surface area contributed by atoms with Crippen molar-refractivity contribution < 1.29 is 22.7 Å². The van der Waals surface area contributed by atoms with Crippen molar-refractivity contribution in [3.8, 4) is 5.88 Å². The molecule has 3 N–H and O–H groups in total. The number of nitrogens with one attached hydrogen (secondary N) is 1. The number of hydrogen-bond acceptors (Lipinski definition) is 10. The van der Waals surface area contributed by atoms with E-state index in [1.807, 2.05) is 33.8 Å². The summed E-state index contributed by atoms with van der Waals surface area (Å²) in [6.45, 7) is 7.99. The fraction of sp³-hybridized carbons (Fsp3) is 0.462. The highest BCUT2D eigenvalue weighted by Crippen LogP contribution is 2.35. The van der Waals surface area contributed by atoms with E-state index in [1.165, 1.54) is 6.26 Å². The van der Waals surface area contributed by atoms with Crippen LogP contribution in [-0.2, 0) is 20.1 Å². The number of carbonyl (C=O) groups excluding carboxylic acids is 1. The van der Waals surface area contributed by atoms with Crippen molar-refractivity contribution in [1.29, 1.82) is 0 Å². The first-order valence-electron chi connectivity index (χ1n) is 12.3. The quantitative estimate of drug-likeness (QED) is 0.311. The van der Waals surface area contributed by atoms with E-state index in [9.17, 15) is 13.2 Å². The average Bonchev–Trinajstić information content (AvgIpc) is 2.84. The van der Waals surface area contributed by atoms with Crippen molar-refractivity contribution in [3.05, 3.63) is 47.4 Å². The lowest BCUT2D eigenvalue weighted by Crippen LogP contribution is -2.32. The number of cyclic esters (lactones) is 1. The summed E-state index contributed by atoms with van der Waals surface area (Å²) in [5.41, 5.74) is 7.94. The van der Waals surface area contributed by atoms with Crippen molar-refractivity contribution in [2.24, 2.45) is 5.73 Å². The molecule has 0 aliphatic carbocycles. The molecule has 1 aliphatic rings. The molecule has 198 valence electrons. The van der Waals surface area contributed by atoms with Gasteiger partial charge in [-0.2, -0.15) is 0 Å². The van der Waals surface area contributed by atoms with Crippen LogP contribution >= 0.6 is 0 Å². The van der Waals surface area contributed by atoms with Crippen LogP contribution < -0.4 is 15.8 Å². The zero-order valence-corrected chi connectivity index (χ0v) is 22.6. The fourth-order valence-corrected chi connectivity index (χ4v) is 4.82. The van der Waals surface area contributed by atoms with E-state index in [1.54, 1.807) is 24.5 Å². The second kappa shape index (κ2) is 10.2. The first-order valence-corrected chi connectivity index (χ1v) is 14.3. The van der Waals surface area contributed by atoms with Crippen molar-refractivity contribution in [1.82, 2.24) is 15.0 Å². The molecule has 0 amide bonds. The predicted octanol–water partition coefficient (Wildman–Crippen LogP) is 3.83. The van der Waals surface area contributed by atoms with Gasteiger partial charge in [-0.15, -0.1) is 0 Å². The van der Waals surface area contributed by atoms with Crippen molar-refractivity contribution >= 4 is 38.2 Å². The normalized spacial score (nSPS) is 19.1. The van der Waals surface area contributed by atoms with Gasteiger partial charge >= 0.3 is 5.97 Å². The number of anilines is 2. The van der Waals surface area contributed by atoms with Gasteiger partial charge in [0.15, 0.2) is 0 Å². The Labute approximate surface area is 216 Å². The lowest BCUT2D eigenvalue weighted by molar-refractivity contribution is 0.0235. The maximum absolute atomic E-state index is 12.2. The summed E-state index contributed by atoms with van der Waals surface area (Å²) in [6, 6.07) is 5.30. The van der Waals surface area contributed by atoms with Gasteiger partial charge < -0.3 is 20.5 Å². The molecule has 1 aliphatic heterocycles. The van der Waals surface area contributed by atoms with Gasteiger partial charge in [-0.3, -0.25) is 0 Å². The summed E-state index contributed by atoms with van der Waals surface area (Å²) < 4.78 is 34.1. The summed E-state index contributed by atoms with van der Waals surface area (Å²) in [4.78, 5) is 25.9. The maximum atomic E-state index is 12.2. The second-order valence-corrected chi connectivity index (χ2v) is 12.1. The van der Waals surface area contributed by atoms with Gasteiger partial charge in [0.1, 0.15) is 27.6 Å². The lowest BCUT2D eigenvalue weighted by Gasteiger charge is -2.27. The predicted molar refractivity (Wildman–Crippen MR) is 142 cm³/mol. The molecular weight excluding hydrogens is 494 g/mol. The third-order valence-electron chi connectivity index (χ3n) is 6.81. The van der Waals surface area contributed by atoms with Crippen LogP contribution in [0.1, 0.15) is 68.1 Å². The fourth-order valence-electron chi connectivity index (χ4n) is 4.18. The van der Waals surface area contributed by atoms with Crippen LogP contribution in [0.15, 0.2) is 30.6 Å². The van der Waals surface area contributed by atoms with Crippen LogP contribution in [0.25, 0.3) is 10.8 Å². The summed E-state index contributed by atoms with van der Waals surface area (Å²) in [5.74, 6) is 1.09. The topological polar surface area (TPSA) is 146 Å². The molecule has 0 spiro atoms. The summed E-state index contributed by atoms with van der Waals surface area (Å²) >= 11 is 0. The van der Waals surface area contributed by atoms with Crippen molar-refractivity contribution in [3.63, 3.8) is 0 Å². The number of rotatable bonds is 9. The number of ether oxygens (including phenoxy) is 2. The molecule has 0 saturated carbocycles. The number of esters is 1. The van der Waals surface area contributed by atoms with Gasteiger partial charge in [-0.25, -0.2) is 28.2 Å². The van der Waals surface area contributed by atoms with Gasteiger partial charge in [-0.05, 0) is 55.8 Å². The molecule has 3 atom stereocenters. The molecule has 0 bridgehead atoms. The number of aromatic nitrogens is 3. The minimum absolute atomic E-state index is 0.0366. The van der Waals surface area contributed by atoms with Gasteiger partial charge in [0, 0.05) is 30.1 Å².